The van der Waals surface area contributed by atoms with Gasteiger partial charge in [-0.1, -0.05) is 26.0 Å². The summed E-state index contributed by atoms with van der Waals surface area (Å²) in [6.07, 6.45) is 0. The molecule has 0 aliphatic heterocycles. The Morgan fingerprint density at radius 3 is 2.41 bits per heavy atom. The van der Waals surface area contributed by atoms with Crippen molar-refractivity contribution in [3.05, 3.63) is 89.0 Å². The van der Waals surface area contributed by atoms with Crippen molar-refractivity contribution in [1.82, 2.24) is 5.32 Å². The summed E-state index contributed by atoms with van der Waals surface area (Å²) in [6, 6.07) is 21.1. The minimum absolute atomic E-state index is 0.0294. The maximum Gasteiger partial charge on any atom is 0.336 e. The van der Waals surface area contributed by atoms with Gasteiger partial charge in [-0.05, 0) is 83.8 Å². The molecule has 4 N–H and O–H groups in total. The molecule has 0 radical (unpaired) electrons. The number of rotatable bonds is 7. The summed E-state index contributed by atoms with van der Waals surface area (Å²) in [5.41, 5.74) is 8.89. The molecule has 4 rings (SSSR count). The van der Waals surface area contributed by atoms with Crippen molar-refractivity contribution in [3.63, 3.8) is 0 Å². The fourth-order valence-electron chi connectivity index (χ4n) is 4.08. The zero-order chi connectivity index (χ0) is 26.7. The number of ether oxygens (including phenoxy) is 1. The molecule has 0 heterocycles. The molecular weight excluding hydrogens is 466 g/mol. The number of amides is 1. The van der Waals surface area contributed by atoms with E-state index in [-0.39, 0.29) is 17.4 Å². The summed E-state index contributed by atoms with van der Waals surface area (Å²) < 4.78 is 6.21. The topological polar surface area (TPSA) is 125 Å². The summed E-state index contributed by atoms with van der Waals surface area (Å²) in [5.74, 6) is -0.263. The van der Waals surface area contributed by atoms with Crippen molar-refractivity contribution < 1.29 is 19.4 Å². The molecule has 0 aromatic heterocycles. The van der Waals surface area contributed by atoms with Crippen LogP contribution in [0, 0.1) is 24.2 Å². The van der Waals surface area contributed by atoms with E-state index in [0.717, 1.165) is 10.8 Å². The molecule has 0 spiro atoms. The van der Waals surface area contributed by atoms with Gasteiger partial charge in [0.1, 0.15) is 11.5 Å². The molecule has 0 unspecified atom stereocenters. The third-order valence-electron chi connectivity index (χ3n) is 5.97. The van der Waals surface area contributed by atoms with Gasteiger partial charge in [0.15, 0.2) is 0 Å². The first-order valence-electron chi connectivity index (χ1n) is 11.8. The Bertz CT molecular complexity index is 1570. The number of hydrogen-bond acceptors (Lipinski definition) is 5. The van der Waals surface area contributed by atoms with Gasteiger partial charge in [-0.3, -0.25) is 4.79 Å². The minimum Gasteiger partial charge on any atom is -0.478 e. The molecule has 7 nitrogen and oxygen atoms in total. The summed E-state index contributed by atoms with van der Waals surface area (Å²) in [5, 5.41) is 23.8. The first-order valence-corrected chi connectivity index (χ1v) is 11.8. The minimum atomic E-state index is -1.17. The summed E-state index contributed by atoms with van der Waals surface area (Å²) >= 11 is 0. The third-order valence-corrected chi connectivity index (χ3v) is 5.97. The Balaban J connectivity index is 1.77. The van der Waals surface area contributed by atoms with Gasteiger partial charge < -0.3 is 20.9 Å². The molecule has 0 fully saturated rings. The molecule has 1 amide bonds. The lowest BCUT2D eigenvalue weighted by molar-refractivity contribution is 0.0697. The van der Waals surface area contributed by atoms with Crippen LogP contribution in [0.1, 0.15) is 45.7 Å². The summed E-state index contributed by atoms with van der Waals surface area (Å²) in [4.78, 5) is 25.0. The second kappa shape index (κ2) is 10.4. The van der Waals surface area contributed by atoms with E-state index in [1.165, 1.54) is 6.07 Å². The zero-order valence-electron chi connectivity index (χ0n) is 20.8. The number of aryl methyl sites for hydroxylation is 1. The fourth-order valence-corrected chi connectivity index (χ4v) is 4.08. The Morgan fingerprint density at radius 1 is 0.973 bits per heavy atom. The number of anilines is 1. The Hall–Kier alpha value is -4.83. The van der Waals surface area contributed by atoms with Crippen LogP contribution in [0.5, 0.6) is 11.5 Å². The van der Waals surface area contributed by atoms with Crippen LogP contribution in [-0.2, 0) is 0 Å². The number of fused-ring (bicyclic) bond motifs is 1. The van der Waals surface area contributed by atoms with Gasteiger partial charge in [0, 0.05) is 28.9 Å². The molecular formula is C30H27N3O4. The smallest absolute Gasteiger partial charge is 0.336 e. The highest BCUT2D eigenvalue weighted by Gasteiger charge is 2.21. The number of carboxylic acids is 1. The molecule has 0 saturated heterocycles. The second-order valence-corrected chi connectivity index (χ2v) is 9.31. The van der Waals surface area contributed by atoms with E-state index in [1.54, 1.807) is 49.4 Å². The van der Waals surface area contributed by atoms with Crippen LogP contribution in [-0.4, -0.2) is 23.5 Å². The van der Waals surface area contributed by atoms with Gasteiger partial charge in [-0.2, -0.15) is 5.26 Å². The van der Waals surface area contributed by atoms with Gasteiger partial charge in [-0.15, -0.1) is 0 Å². The number of nitrogens with two attached hydrogens (primary N) is 1. The van der Waals surface area contributed by atoms with E-state index in [9.17, 15) is 14.7 Å². The van der Waals surface area contributed by atoms with Crippen LogP contribution in [0.4, 0.5) is 5.69 Å². The average molecular weight is 494 g/mol. The Morgan fingerprint density at radius 2 is 1.70 bits per heavy atom. The zero-order valence-corrected chi connectivity index (χ0v) is 20.8. The predicted octanol–water partition coefficient (Wildman–Crippen LogP) is 6.15. The average Bonchev–Trinajstić information content (AvgIpc) is 2.87. The molecule has 0 atom stereocenters. The monoisotopic (exact) mass is 493 g/mol. The Kier molecular flexibility index (Phi) is 7.12. The van der Waals surface area contributed by atoms with E-state index in [2.05, 4.69) is 11.4 Å². The number of carbonyl (C=O) groups is 2. The van der Waals surface area contributed by atoms with Crippen LogP contribution in [0.25, 0.3) is 21.9 Å². The fraction of sp³-hybridized carbons (Fsp3) is 0.167. The first-order chi connectivity index (χ1) is 17.7. The van der Waals surface area contributed by atoms with Gasteiger partial charge in [0.2, 0.25) is 0 Å². The molecule has 186 valence electrons. The first kappa shape index (κ1) is 25.3. The number of hydrogen-bond donors (Lipinski definition) is 3. The standard InChI is InChI=1S/C30H27N3O4/c1-17(2)16-33-29(34)24-14-27(30(35)36)25(10-18(24)3)26-13-22(32)7-9-28(26)37-23-8-6-20-11-19(15-31)4-5-21(20)12-23/h4-14,17H,16,32H2,1-3H3,(H,33,34)(H,35,36). The normalized spacial score (nSPS) is 10.8. The van der Waals surface area contributed by atoms with Crippen LogP contribution >= 0.6 is 0 Å². The number of nitriles is 1. The van der Waals surface area contributed by atoms with E-state index in [0.29, 0.717) is 51.5 Å². The molecule has 4 aromatic carbocycles. The highest BCUT2D eigenvalue weighted by Crippen LogP contribution is 2.38. The van der Waals surface area contributed by atoms with E-state index < -0.39 is 5.97 Å². The number of nitrogens with zero attached hydrogens (tertiary/aromatic N) is 1. The lowest BCUT2D eigenvalue weighted by atomic mass is 9.93. The lowest BCUT2D eigenvalue weighted by Gasteiger charge is -2.17. The lowest BCUT2D eigenvalue weighted by Crippen LogP contribution is -2.28. The van der Waals surface area contributed by atoms with Crippen LogP contribution in [0.2, 0.25) is 0 Å². The van der Waals surface area contributed by atoms with E-state index >= 15 is 0 Å². The number of nitrogens with one attached hydrogen (secondary N) is 1. The van der Waals surface area contributed by atoms with Gasteiger partial charge >= 0.3 is 5.97 Å². The van der Waals surface area contributed by atoms with Gasteiger partial charge in [0.05, 0.1) is 17.2 Å². The van der Waals surface area contributed by atoms with Crippen molar-refractivity contribution in [2.24, 2.45) is 5.92 Å². The van der Waals surface area contributed by atoms with Gasteiger partial charge in [-0.25, -0.2) is 4.79 Å². The summed E-state index contributed by atoms with van der Waals surface area (Å²) in [7, 11) is 0. The summed E-state index contributed by atoms with van der Waals surface area (Å²) in [6.45, 7) is 6.23. The van der Waals surface area contributed by atoms with Crippen molar-refractivity contribution in [2.45, 2.75) is 20.8 Å². The van der Waals surface area contributed by atoms with Crippen LogP contribution in [0.3, 0.4) is 0 Å². The number of nitrogen functional groups attached to an aromatic ring is 1. The largest absolute Gasteiger partial charge is 0.478 e. The molecule has 7 heteroatoms. The maximum absolute atomic E-state index is 12.7. The molecule has 0 aliphatic rings. The molecule has 0 saturated carbocycles. The van der Waals surface area contributed by atoms with Gasteiger partial charge in [0.25, 0.3) is 5.91 Å². The predicted molar refractivity (Wildman–Crippen MR) is 144 cm³/mol. The van der Waals surface area contributed by atoms with Crippen molar-refractivity contribution in [3.8, 4) is 28.7 Å². The quantitative estimate of drug-likeness (QED) is 0.265. The third kappa shape index (κ3) is 5.54. The van der Waals surface area contributed by atoms with E-state index in [1.807, 2.05) is 32.0 Å². The molecule has 4 aromatic rings. The highest BCUT2D eigenvalue weighted by atomic mass is 16.5. The van der Waals surface area contributed by atoms with Crippen molar-refractivity contribution in [2.75, 3.05) is 12.3 Å². The number of carbonyl (C=O) groups excluding carboxylic acids is 1. The van der Waals surface area contributed by atoms with Crippen molar-refractivity contribution >= 4 is 28.3 Å². The molecule has 37 heavy (non-hydrogen) atoms. The number of benzene rings is 4. The number of aromatic carboxylic acids is 1. The van der Waals surface area contributed by atoms with Crippen LogP contribution < -0.4 is 15.8 Å². The second-order valence-electron chi connectivity index (χ2n) is 9.31. The SMILES string of the molecule is Cc1cc(-c2cc(N)ccc2Oc2ccc3cc(C#N)ccc3c2)c(C(=O)O)cc1C(=O)NCC(C)C. The van der Waals surface area contributed by atoms with Crippen LogP contribution in [0.15, 0.2) is 66.7 Å². The number of carboxylic acid groups (broad SMARTS) is 1. The van der Waals surface area contributed by atoms with Crippen molar-refractivity contribution in [1.29, 1.82) is 5.26 Å². The molecule has 0 bridgehead atoms. The van der Waals surface area contributed by atoms with E-state index in [4.69, 9.17) is 15.7 Å². The Labute approximate surface area is 215 Å². The highest BCUT2D eigenvalue weighted by molar-refractivity contribution is 6.03. The molecule has 0 aliphatic carbocycles. The maximum atomic E-state index is 12.7.